The summed E-state index contributed by atoms with van der Waals surface area (Å²) in [5, 5.41) is 8.76. The van der Waals surface area contributed by atoms with Crippen LogP contribution in [0.25, 0.3) is 11.0 Å². The van der Waals surface area contributed by atoms with Crippen LogP contribution in [0.15, 0.2) is 53.1 Å². The normalized spacial score (nSPS) is 12.4. The number of ether oxygens (including phenoxy) is 1. The molecule has 0 fully saturated rings. The lowest BCUT2D eigenvalue weighted by Gasteiger charge is -2.13. The molecule has 0 radical (unpaired) electrons. The van der Waals surface area contributed by atoms with E-state index < -0.39 is 0 Å². The summed E-state index contributed by atoms with van der Waals surface area (Å²) < 4.78 is 10.5. The van der Waals surface area contributed by atoms with Gasteiger partial charge in [-0.3, -0.25) is 0 Å². The number of hydrogen-bond donors (Lipinski definition) is 1. The molecule has 1 aromatic heterocycles. The smallest absolute Gasteiger partial charge is 0.167 e. The topological polar surface area (TPSA) is 47.3 Å². The van der Waals surface area contributed by atoms with Crippen molar-refractivity contribution in [3.8, 4) is 5.75 Å². The Bertz CT molecular complexity index is 749. The van der Waals surface area contributed by atoms with Crippen molar-refractivity contribution in [1.82, 2.24) is 10.5 Å². The Morgan fingerprint density at radius 3 is 2.70 bits per heavy atom. The number of hydrogen-bond acceptors (Lipinski definition) is 4. The van der Waals surface area contributed by atoms with Crippen molar-refractivity contribution in [3.63, 3.8) is 0 Å². The molecule has 2 aromatic carbocycles. The zero-order valence-corrected chi connectivity index (χ0v) is 13.6. The molecule has 3 rings (SSSR count). The lowest BCUT2D eigenvalue weighted by molar-refractivity contribution is 0.414. The zero-order chi connectivity index (χ0) is 16.1. The molecule has 4 nitrogen and oxygen atoms in total. The van der Waals surface area contributed by atoms with Gasteiger partial charge in [-0.1, -0.05) is 29.4 Å². The van der Waals surface area contributed by atoms with E-state index in [0.717, 1.165) is 41.8 Å². The molecule has 0 spiro atoms. The Morgan fingerprint density at radius 2 is 1.91 bits per heavy atom. The maximum Gasteiger partial charge on any atom is 0.167 e. The van der Waals surface area contributed by atoms with Gasteiger partial charge in [-0.2, -0.15) is 0 Å². The molecule has 1 N–H and O–H groups in total. The van der Waals surface area contributed by atoms with Crippen LogP contribution >= 0.6 is 0 Å². The summed E-state index contributed by atoms with van der Waals surface area (Å²) in [7, 11) is 1.69. The Morgan fingerprint density at radius 1 is 1.13 bits per heavy atom. The van der Waals surface area contributed by atoms with Gasteiger partial charge in [0, 0.05) is 18.0 Å². The number of methoxy groups -OCH3 is 1. The van der Waals surface area contributed by atoms with E-state index in [0.29, 0.717) is 6.04 Å². The highest BCUT2D eigenvalue weighted by Gasteiger charge is 2.09. The molecule has 0 amide bonds. The lowest BCUT2D eigenvalue weighted by atomic mass is 10.1. The van der Waals surface area contributed by atoms with E-state index in [2.05, 4.69) is 29.5 Å². The summed E-state index contributed by atoms with van der Waals surface area (Å²) >= 11 is 0. The highest BCUT2D eigenvalue weighted by atomic mass is 16.5. The minimum Gasteiger partial charge on any atom is -0.497 e. The van der Waals surface area contributed by atoms with Crippen LogP contribution < -0.4 is 10.1 Å². The van der Waals surface area contributed by atoms with Crippen LogP contribution in [0.1, 0.15) is 24.6 Å². The summed E-state index contributed by atoms with van der Waals surface area (Å²) in [4.78, 5) is 0. The van der Waals surface area contributed by atoms with E-state index in [1.165, 1.54) is 5.56 Å². The van der Waals surface area contributed by atoms with Gasteiger partial charge >= 0.3 is 0 Å². The minimum absolute atomic E-state index is 0.410. The fourth-order valence-corrected chi connectivity index (χ4v) is 2.61. The second-order valence-corrected chi connectivity index (χ2v) is 5.79. The molecule has 23 heavy (non-hydrogen) atoms. The number of nitrogens with zero attached hydrogens (tertiary/aromatic N) is 1. The van der Waals surface area contributed by atoms with Gasteiger partial charge in [0.1, 0.15) is 11.4 Å². The Labute approximate surface area is 136 Å². The Balaban J connectivity index is 1.50. The van der Waals surface area contributed by atoms with Crippen molar-refractivity contribution >= 4 is 11.0 Å². The second-order valence-electron chi connectivity index (χ2n) is 5.79. The summed E-state index contributed by atoms with van der Waals surface area (Å²) in [6.45, 7) is 2.92. The number of para-hydroxylation sites is 1. The maximum absolute atomic E-state index is 5.33. The van der Waals surface area contributed by atoms with E-state index in [1.54, 1.807) is 7.11 Å². The van der Waals surface area contributed by atoms with E-state index in [-0.39, 0.29) is 0 Å². The highest BCUT2D eigenvalue weighted by molar-refractivity contribution is 5.79. The quantitative estimate of drug-likeness (QED) is 0.718. The van der Waals surface area contributed by atoms with Gasteiger partial charge in [0.2, 0.25) is 0 Å². The highest BCUT2D eigenvalue weighted by Crippen LogP contribution is 2.18. The third kappa shape index (κ3) is 3.90. The minimum atomic E-state index is 0.410. The number of aryl methyl sites for hydroxylation is 1. The average molecular weight is 310 g/mol. The molecule has 0 aliphatic carbocycles. The molecule has 0 aliphatic heterocycles. The van der Waals surface area contributed by atoms with E-state index >= 15 is 0 Å². The number of rotatable bonds is 7. The predicted octanol–water partition coefficient (Wildman–Crippen LogP) is 3.95. The molecule has 0 saturated carbocycles. The van der Waals surface area contributed by atoms with Crippen LogP contribution in [0.2, 0.25) is 0 Å². The van der Waals surface area contributed by atoms with Crippen molar-refractivity contribution in [2.24, 2.45) is 0 Å². The van der Waals surface area contributed by atoms with E-state index in [1.807, 2.05) is 36.4 Å². The number of aromatic nitrogens is 1. The largest absolute Gasteiger partial charge is 0.497 e. The van der Waals surface area contributed by atoms with Crippen molar-refractivity contribution in [1.29, 1.82) is 0 Å². The first-order valence-corrected chi connectivity index (χ1v) is 7.96. The average Bonchev–Trinajstić information content (AvgIpc) is 3.02. The summed E-state index contributed by atoms with van der Waals surface area (Å²) in [5.74, 6) is 0.901. The molecular weight excluding hydrogens is 288 g/mol. The Hall–Kier alpha value is -2.33. The lowest BCUT2D eigenvalue weighted by Crippen LogP contribution is -2.26. The van der Waals surface area contributed by atoms with Crippen LogP contribution in [0.3, 0.4) is 0 Å². The number of fused-ring (bicyclic) bond motifs is 1. The Kier molecular flexibility index (Phi) is 4.93. The van der Waals surface area contributed by atoms with E-state index in [4.69, 9.17) is 9.26 Å². The van der Waals surface area contributed by atoms with Gasteiger partial charge in [-0.25, -0.2) is 0 Å². The molecule has 1 unspecified atom stereocenters. The first-order chi connectivity index (χ1) is 11.3. The van der Waals surface area contributed by atoms with Gasteiger partial charge in [0.15, 0.2) is 5.58 Å². The third-order valence-electron chi connectivity index (χ3n) is 4.10. The molecule has 0 aliphatic rings. The molecule has 0 bridgehead atoms. The second kappa shape index (κ2) is 7.29. The SMILES string of the molecule is COc1ccc(CCC(C)NCc2noc3ccccc23)cc1. The van der Waals surface area contributed by atoms with Crippen LogP contribution in [0.4, 0.5) is 0 Å². The fourth-order valence-electron chi connectivity index (χ4n) is 2.61. The van der Waals surface area contributed by atoms with Crippen molar-refractivity contribution in [2.75, 3.05) is 7.11 Å². The van der Waals surface area contributed by atoms with Crippen LogP contribution in [0.5, 0.6) is 5.75 Å². The molecule has 0 saturated heterocycles. The van der Waals surface area contributed by atoms with Gasteiger partial charge < -0.3 is 14.6 Å². The van der Waals surface area contributed by atoms with Gasteiger partial charge in [0.25, 0.3) is 0 Å². The van der Waals surface area contributed by atoms with Crippen molar-refractivity contribution in [3.05, 3.63) is 59.8 Å². The monoisotopic (exact) mass is 310 g/mol. The van der Waals surface area contributed by atoms with Gasteiger partial charge in [-0.15, -0.1) is 0 Å². The molecule has 1 atom stereocenters. The van der Waals surface area contributed by atoms with Gasteiger partial charge in [-0.05, 0) is 49.6 Å². The molecule has 4 heteroatoms. The first kappa shape index (κ1) is 15.6. The molecule has 1 heterocycles. The van der Waals surface area contributed by atoms with E-state index in [9.17, 15) is 0 Å². The van der Waals surface area contributed by atoms with Crippen LogP contribution in [-0.2, 0) is 13.0 Å². The van der Waals surface area contributed by atoms with Crippen molar-refractivity contribution in [2.45, 2.75) is 32.4 Å². The first-order valence-electron chi connectivity index (χ1n) is 7.96. The fraction of sp³-hybridized carbons (Fsp3) is 0.316. The standard InChI is InChI=1S/C19H22N2O2/c1-14(7-8-15-9-11-16(22-2)12-10-15)20-13-18-17-5-3-4-6-19(17)23-21-18/h3-6,9-12,14,20H,7-8,13H2,1-2H3. The molecule has 120 valence electrons. The summed E-state index contributed by atoms with van der Waals surface area (Å²) in [6.07, 6.45) is 2.11. The van der Waals surface area contributed by atoms with Gasteiger partial charge in [0.05, 0.1) is 7.11 Å². The van der Waals surface area contributed by atoms with Crippen LogP contribution in [-0.4, -0.2) is 18.3 Å². The predicted molar refractivity (Wildman–Crippen MR) is 91.6 cm³/mol. The number of benzene rings is 2. The van der Waals surface area contributed by atoms with Crippen LogP contribution in [0, 0.1) is 0 Å². The summed E-state index contributed by atoms with van der Waals surface area (Å²) in [5.41, 5.74) is 3.14. The van der Waals surface area contributed by atoms with Crippen molar-refractivity contribution < 1.29 is 9.26 Å². The molecular formula is C19H22N2O2. The third-order valence-corrected chi connectivity index (χ3v) is 4.10. The zero-order valence-electron chi connectivity index (χ0n) is 13.6. The molecule has 3 aromatic rings. The number of nitrogens with one attached hydrogen (secondary N) is 1. The maximum atomic E-state index is 5.33. The summed E-state index contributed by atoms with van der Waals surface area (Å²) in [6, 6.07) is 16.6.